The Bertz CT molecular complexity index is 774. The van der Waals surface area contributed by atoms with E-state index in [1.54, 1.807) is 12.1 Å². The molecule has 0 unspecified atom stereocenters. The van der Waals surface area contributed by atoms with Gasteiger partial charge in [0.05, 0.1) is 5.75 Å². The van der Waals surface area contributed by atoms with Gasteiger partial charge < -0.3 is 9.47 Å². The van der Waals surface area contributed by atoms with Gasteiger partial charge in [0.15, 0.2) is 11.5 Å². The van der Waals surface area contributed by atoms with E-state index in [1.807, 2.05) is 43.3 Å². The molecular formula is C17H19NO4S. The van der Waals surface area contributed by atoms with E-state index in [2.05, 4.69) is 4.72 Å². The lowest BCUT2D eigenvalue weighted by molar-refractivity contribution is 0.171. The van der Waals surface area contributed by atoms with Crippen LogP contribution in [0.1, 0.15) is 24.1 Å². The van der Waals surface area contributed by atoms with Gasteiger partial charge in [-0.1, -0.05) is 36.4 Å². The van der Waals surface area contributed by atoms with E-state index >= 15 is 0 Å². The normalized spacial score (nSPS) is 15.2. The first kappa shape index (κ1) is 15.8. The highest BCUT2D eigenvalue weighted by molar-refractivity contribution is 7.88. The van der Waals surface area contributed by atoms with Crippen LogP contribution in [0.4, 0.5) is 0 Å². The van der Waals surface area contributed by atoms with Gasteiger partial charge in [-0.05, 0) is 30.2 Å². The number of fused-ring (bicyclic) bond motifs is 1. The molecule has 23 heavy (non-hydrogen) atoms. The second-order valence-corrected chi connectivity index (χ2v) is 7.24. The molecule has 2 aromatic rings. The van der Waals surface area contributed by atoms with Gasteiger partial charge in [0.1, 0.15) is 13.2 Å². The van der Waals surface area contributed by atoms with Crippen LogP contribution in [0.15, 0.2) is 48.5 Å². The van der Waals surface area contributed by atoms with Crippen molar-refractivity contribution in [1.29, 1.82) is 0 Å². The monoisotopic (exact) mass is 333 g/mol. The van der Waals surface area contributed by atoms with E-state index in [0.717, 1.165) is 11.1 Å². The predicted octanol–water partition coefficient (Wildman–Crippen LogP) is 2.64. The van der Waals surface area contributed by atoms with Crippen molar-refractivity contribution in [2.75, 3.05) is 13.2 Å². The van der Waals surface area contributed by atoms with Gasteiger partial charge in [-0.2, -0.15) is 0 Å². The van der Waals surface area contributed by atoms with E-state index < -0.39 is 10.0 Å². The van der Waals surface area contributed by atoms with Crippen molar-refractivity contribution in [2.24, 2.45) is 0 Å². The summed E-state index contributed by atoms with van der Waals surface area (Å²) in [6, 6.07) is 14.3. The van der Waals surface area contributed by atoms with Crippen molar-refractivity contribution in [3.63, 3.8) is 0 Å². The summed E-state index contributed by atoms with van der Waals surface area (Å²) in [5.41, 5.74) is 1.60. The molecule has 0 bridgehead atoms. The maximum atomic E-state index is 12.3. The highest BCUT2D eigenvalue weighted by Gasteiger charge is 2.19. The summed E-state index contributed by atoms with van der Waals surface area (Å²) in [4.78, 5) is 0. The minimum absolute atomic E-state index is 0.0390. The molecule has 5 nitrogen and oxygen atoms in total. The van der Waals surface area contributed by atoms with Gasteiger partial charge in [0.25, 0.3) is 0 Å². The minimum atomic E-state index is -3.43. The zero-order valence-corrected chi connectivity index (χ0v) is 13.7. The average molecular weight is 333 g/mol. The van der Waals surface area contributed by atoms with Crippen molar-refractivity contribution < 1.29 is 17.9 Å². The first-order valence-corrected chi connectivity index (χ1v) is 9.12. The van der Waals surface area contributed by atoms with E-state index in [4.69, 9.17) is 9.47 Å². The fourth-order valence-corrected chi connectivity index (χ4v) is 3.89. The van der Waals surface area contributed by atoms with Crippen molar-refractivity contribution in [3.05, 3.63) is 59.7 Å². The molecule has 1 aliphatic rings. The van der Waals surface area contributed by atoms with Gasteiger partial charge in [0, 0.05) is 6.04 Å². The molecule has 0 amide bonds. The molecule has 6 heteroatoms. The lowest BCUT2D eigenvalue weighted by atomic mass is 10.1. The molecule has 0 spiro atoms. The molecular weight excluding hydrogens is 314 g/mol. The third-order valence-electron chi connectivity index (χ3n) is 3.62. The lowest BCUT2D eigenvalue weighted by Gasteiger charge is -2.21. The summed E-state index contributed by atoms with van der Waals surface area (Å²) in [6.07, 6.45) is 0. The zero-order chi connectivity index (χ0) is 16.3. The van der Waals surface area contributed by atoms with Gasteiger partial charge in [0.2, 0.25) is 10.0 Å². The van der Waals surface area contributed by atoms with Crippen molar-refractivity contribution in [3.8, 4) is 11.5 Å². The predicted molar refractivity (Wildman–Crippen MR) is 88.0 cm³/mol. The molecule has 2 aromatic carbocycles. The molecule has 1 N–H and O–H groups in total. The molecule has 1 heterocycles. The Balaban J connectivity index is 1.72. The fourth-order valence-electron chi connectivity index (χ4n) is 2.50. The van der Waals surface area contributed by atoms with Crippen molar-refractivity contribution in [1.82, 2.24) is 4.72 Å². The number of benzene rings is 2. The largest absolute Gasteiger partial charge is 0.486 e. The molecule has 0 saturated carbocycles. The summed E-state index contributed by atoms with van der Waals surface area (Å²) in [5.74, 6) is 1.31. The zero-order valence-electron chi connectivity index (χ0n) is 12.9. The number of rotatable bonds is 5. The van der Waals surface area contributed by atoms with Crippen LogP contribution in [0.3, 0.4) is 0 Å². The fraction of sp³-hybridized carbons (Fsp3) is 0.294. The molecule has 122 valence electrons. The number of hydrogen-bond donors (Lipinski definition) is 1. The van der Waals surface area contributed by atoms with Gasteiger partial charge in [-0.25, -0.2) is 13.1 Å². The van der Waals surface area contributed by atoms with E-state index in [9.17, 15) is 8.42 Å². The van der Waals surface area contributed by atoms with E-state index in [1.165, 1.54) is 0 Å². The average Bonchev–Trinajstić information content (AvgIpc) is 2.54. The molecule has 1 aliphatic heterocycles. The Morgan fingerprint density at radius 3 is 2.48 bits per heavy atom. The first-order valence-electron chi connectivity index (χ1n) is 7.47. The minimum Gasteiger partial charge on any atom is -0.486 e. The van der Waals surface area contributed by atoms with Crippen LogP contribution in [0, 0.1) is 0 Å². The van der Waals surface area contributed by atoms with Crippen LogP contribution < -0.4 is 14.2 Å². The second-order valence-electron chi connectivity index (χ2n) is 5.49. The standard InChI is InChI=1S/C17H19NO4S/c1-13(15-7-8-16-17(11-15)22-10-9-21-16)18-23(19,20)12-14-5-3-2-4-6-14/h2-8,11,13,18H,9-10,12H2,1H3/t13-/m1/s1. The number of nitrogens with one attached hydrogen (secondary N) is 1. The van der Waals surface area contributed by atoms with Gasteiger partial charge in [-0.15, -0.1) is 0 Å². The summed E-state index contributed by atoms with van der Waals surface area (Å²) >= 11 is 0. The third-order valence-corrected chi connectivity index (χ3v) is 5.05. The highest BCUT2D eigenvalue weighted by atomic mass is 32.2. The summed E-state index contributed by atoms with van der Waals surface area (Å²) in [5, 5.41) is 0. The van der Waals surface area contributed by atoms with Crippen LogP contribution in [0.25, 0.3) is 0 Å². The molecule has 0 radical (unpaired) electrons. The number of ether oxygens (including phenoxy) is 2. The van der Waals surface area contributed by atoms with Crippen molar-refractivity contribution in [2.45, 2.75) is 18.7 Å². The smallest absolute Gasteiger partial charge is 0.216 e. The number of sulfonamides is 1. The van der Waals surface area contributed by atoms with Gasteiger partial charge >= 0.3 is 0 Å². The maximum absolute atomic E-state index is 12.3. The Morgan fingerprint density at radius 2 is 1.74 bits per heavy atom. The lowest BCUT2D eigenvalue weighted by Crippen LogP contribution is -2.28. The maximum Gasteiger partial charge on any atom is 0.216 e. The Labute approximate surface area is 136 Å². The van der Waals surface area contributed by atoms with E-state index in [-0.39, 0.29) is 11.8 Å². The molecule has 0 aromatic heterocycles. The van der Waals surface area contributed by atoms with Crippen LogP contribution in [-0.4, -0.2) is 21.6 Å². The summed E-state index contributed by atoms with van der Waals surface area (Å²) in [7, 11) is -3.43. The Kier molecular flexibility index (Phi) is 4.54. The van der Waals surface area contributed by atoms with Crippen LogP contribution in [0.5, 0.6) is 11.5 Å². The summed E-state index contributed by atoms with van der Waals surface area (Å²) < 4.78 is 38.3. The van der Waals surface area contributed by atoms with Crippen LogP contribution in [0.2, 0.25) is 0 Å². The Hall–Kier alpha value is -2.05. The third kappa shape index (κ3) is 4.03. The highest BCUT2D eigenvalue weighted by Crippen LogP contribution is 2.32. The number of hydrogen-bond acceptors (Lipinski definition) is 4. The summed E-state index contributed by atoms with van der Waals surface area (Å²) in [6.45, 7) is 2.85. The SMILES string of the molecule is C[C@@H](NS(=O)(=O)Cc1ccccc1)c1ccc2c(c1)OCCO2. The van der Waals surface area contributed by atoms with Crippen molar-refractivity contribution >= 4 is 10.0 Å². The molecule has 1 atom stereocenters. The topological polar surface area (TPSA) is 64.6 Å². The second kappa shape index (κ2) is 6.60. The first-order chi connectivity index (χ1) is 11.0. The molecule has 0 fully saturated rings. The molecule has 0 saturated heterocycles. The van der Waals surface area contributed by atoms with Crippen LogP contribution >= 0.6 is 0 Å². The molecule has 3 rings (SSSR count). The van der Waals surface area contributed by atoms with Gasteiger partial charge in [-0.3, -0.25) is 0 Å². The quantitative estimate of drug-likeness (QED) is 0.913. The van der Waals surface area contributed by atoms with Crippen LogP contribution in [-0.2, 0) is 15.8 Å². The Morgan fingerprint density at radius 1 is 1.04 bits per heavy atom. The molecule has 0 aliphatic carbocycles. The van der Waals surface area contributed by atoms with E-state index in [0.29, 0.717) is 24.7 Å².